The Bertz CT molecular complexity index is 781. The van der Waals surface area contributed by atoms with Gasteiger partial charge in [-0.15, -0.1) is 0 Å². The molecule has 5 nitrogen and oxygen atoms in total. The van der Waals surface area contributed by atoms with E-state index >= 15 is 0 Å². The fourth-order valence-corrected chi connectivity index (χ4v) is 5.94. The largest absolute Gasteiger partial charge is 0.504 e. The Balaban J connectivity index is 2.08. The summed E-state index contributed by atoms with van der Waals surface area (Å²) in [5, 5.41) is 21.7. The third-order valence-corrected chi connectivity index (χ3v) is 6.96. The van der Waals surface area contributed by atoms with Crippen molar-refractivity contribution in [2.24, 2.45) is 11.3 Å². The lowest BCUT2D eigenvalue weighted by molar-refractivity contribution is -0.149. The van der Waals surface area contributed by atoms with Crippen molar-refractivity contribution in [3.05, 3.63) is 22.8 Å². The van der Waals surface area contributed by atoms with Crippen LogP contribution in [0.5, 0.6) is 11.5 Å². The van der Waals surface area contributed by atoms with Crippen LogP contribution in [0.3, 0.4) is 0 Å². The van der Waals surface area contributed by atoms with E-state index < -0.39 is 11.5 Å². The Kier molecular flexibility index (Phi) is 3.65. The smallest absolute Gasteiger partial charge is 0.317 e. The van der Waals surface area contributed by atoms with Crippen LogP contribution in [0, 0.1) is 11.3 Å². The van der Waals surface area contributed by atoms with Crippen LogP contribution in [0.25, 0.3) is 0 Å². The minimum Gasteiger partial charge on any atom is -0.504 e. The molecular formula is C21H28O5. The first-order chi connectivity index (χ1) is 12.2. The SMILES string of the molecule is COC1c2cc(C(C)C)c(O)c(O)c2[C@@]23CCCC(C)(C)C2C1OC3=O. The molecule has 26 heavy (non-hydrogen) atoms. The first kappa shape index (κ1) is 17.7. The maximum absolute atomic E-state index is 13.1. The molecule has 142 valence electrons. The van der Waals surface area contributed by atoms with Gasteiger partial charge in [0.15, 0.2) is 11.5 Å². The second-order valence-corrected chi connectivity index (χ2v) is 9.10. The van der Waals surface area contributed by atoms with Crippen molar-refractivity contribution in [2.45, 2.75) is 70.5 Å². The molecule has 4 rings (SSSR count). The Hall–Kier alpha value is -1.75. The average Bonchev–Trinajstić information content (AvgIpc) is 2.81. The van der Waals surface area contributed by atoms with Gasteiger partial charge in [-0.25, -0.2) is 0 Å². The number of aromatic hydroxyl groups is 2. The van der Waals surface area contributed by atoms with Crippen LogP contribution in [0.1, 0.15) is 75.7 Å². The maximum Gasteiger partial charge on any atom is 0.317 e. The van der Waals surface area contributed by atoms with Crippen LogP contribution in [0.15, 0.2) is 6.07 Å². The number of rotatable bonds is 2. The van der Waals surface area contributed by atoms with Crippen LogP contribution in [-0.2, 0) is 19.7 Å². The van der Waals surface area contributed by atoms with Crippen molar-refractivity contribution >= 4 is 5.97 Å². The summed E-state index contributed by atoms with van der Waals surface area (Å²) < 4.78 is 11.7. The molecule has 2 aliphatic carbocycles. The van der Waals surface area contributed by atoms with E-state index in [1.165, 1.54) is 0 Å². The van der Waals surface area contributed by atoms with Crippen molar-refractivity contribution in [1.82, 2.24) is 0 Å². The third-order valence-electron chi connectivity index (χ3n) is 6.96. The summed E-state index contributed by atoms with van der Waals surface area (Å²) in [7, 11) is 1.61. The minimum absolute atomic E-state index is 0.0380. The summed E-state index contributed by atoms with van der Waals surface area (Å²) in [4.78, 5) is 13.1. The molecule has 0 spiro atoms. The maximum atomic E-state index is 13.1. The predicted molar refractivity (Wildman–Crippen MR) is 96.3 cm³/mol. The van der Waals surface area contributed by atoms with Gasteiger partial charge >= 0.3 is 5.97 Å². The molecule has 1 saturated heterocycles. The zero-order valence-corrected chi connectivity index (χ0v) is 16.1. The number of esters is 1. The molecule has 2 N–H and O–H groups in total. The zero-order valence-electron chi connectivity index (χ0n) is 16.1. The summed E-state index contributed by atoms with van der Waals surface area (Å²) in [6.45, 7) is 8.26. The quantitative estimate of drug-likeness (QED) is 0.618. The fourth-order valence-electron chi connectivity index (χ4n) is 5.94. The molecule has 3 unspecified atom stereocenters. The molecule has 0 amide bonds. The molecule has 0 radical (unpaired) electrons. The summed E-state index contributed by atoms with van der Waals surface area (Å²) in [5.74, 6) is -0.621. The topological polar surface area (TPSA) is 76.0 Å². The number of fused-ring (bicyclic) bond motifs is 1. The monoisotopic (exact) mass is 360 g/mol. The second kappa shape index (κ2) is 5.38. The van der Waals surface area contributed by atoms with Gasteiger partial charge in [-0.2, -0.15) is 0 Å². The average molecular weight is 360 g/mol. The highest BCUT2D eigenvalue weighted by Gasteiger charge is 2.70. The molecular weight excluding hydrogens is 332 g/mol. The van der Waals surface area contributed by atoms with Crippen molar-refractivity contribution in [3.8, 4) is 11.5 Å². The van der Waals surface area contributed by atoms with Crippen LogP contribution in [-0.4, -0.2) is 29.4 Å². The van der Waals surface area contributed by atoms with Gasteiger partial charge in [0.05, 0.1) is 0 Å². The van der Waals surface area contributed by atoms with Gasteiger partial charge in [-0.1, -0.05) is 34.1 Å². The van der Waals surface area contributed by atoms with Gasteiger partial charge in [0.25, 0.3) is 0 Å². The molecule has 5 heteroatoms. The number of phenols is 2. The third kappa shape index (κ3) is 1.92. The molecule has 4 atom stereocenters. The summed E-state index contributed by atoms with van der Waals surface area (Å²) in [6.07, 6.45) is 1.72. The van der Waals surface area contributed by atoms with E-state index in [1.807, 2.05) is 19.9 Å². The molecule has 1 saturated carbocycles. The van der Waals surface area contributed by atoms with Gasteiger partial charge in [0, 0.05) is 24.2 Å². The first-order valence-corrected chi connectivity index (χ1v) is 9.50. The number of carbonyl (C=O) groups excluding carboxylic acids is 1. The van der Waals surface area contributed by atoms with E-state index in [-0.39, 0.29) is 40.8 Å². The van der Waals surface area contributed by atoms with Crippen LogP contribution < -0.4 is 0 Å². The van der Waals surface area contributed by atoms with Gasteiger partial charge < -0.3 is 19.7 Å². The van der Waals surface area contributed by atoms with Crippen molar-refractivity contribution in [3.63, 3.8) is 0 Å². The van der Waals surface area contributed by atoms with E-state index in [0.717, 1.165) is 18.4 Å². The molecule has 0 aromatic heterocycles. The van der Waals surface area contributed by atoms with E-state index in [4.69, 9.17) is 9.47 Å². The van der Waals surface area contributed by atoms with Crippen molar-refractivity contribution < 1.29 is 24.5 Å². The number of methoxy groups -OCH3 is 1. The number of hydrogen-bond donors (Lipinski definition) is 2. The molecule has 1 aliphatic heterocycles. The minimum atomic E-state index is -0.895. The Morgan fingerprint density at radius 1 is 1.23 bits per heavy atom. The van der Waals surface area contributed by atoms with Crippen LogP contribution in [0.4, 0.5) is 0 Å². The number of ether oxygens (including phenoxy) is 2. The van der Waals surface area contributed by atoms with Gasteiger partial charge in [0.1, 0.15) is 17.6 Å². The number of hydrogen-bond acceptors (Lipinski definition) is 5. The lowest BCUT2D eigenvalue weighted by atomic mass is 9.49. The van der Waals surface area contributed by atoms with E-state index in [9.17, 15) is 15.0 Å². The van der Waals surface area contributed by atoms with Crippen LogP contribution in [0.2, 0.25) is 0 Å². The second-order valence-electron chi connectivity index (χ2n) is 9.10. The number of benzene rings is 1. The molecule has 2 bridgehead atoms. The Labute approximate surface area is 154 Å². The standard InChI is InChI=1S/C21H28O5/c1-10(2)11-9-12-13(15(23)14(11)22)21-8-6-7-20(3,4)18(21)17(16(12)25-5)26-19(21)24/h9-10,16-18,22-23H,6-8H2,1-5H3/t16?,17?,18?,21-/m0/s1. The first-order valence-electron chi connectivity index (χ1n) is 9.50. The Morgan fingerprint density at radius 3 is 2.54 bits per heavy atom. The number of phenolic OH excluding ortho intramolecular Hbond substituents is 2. The van der Waals surface area contributed by atoms with Gasteiger partial charge in [-0.05, 0) is 35.8 Å². The summed E-state index contributed by atoms with van der Waals surface area (Å²) in [6, 6.07) is 1.90. The lowest BCUT2D eigenvalue weighted by Gasteiger charge is -2.52. The predicted octanol–water partition coefficient (Wildman–Crippen LogP) is 3.91. The van der Waals surface area contributed by atoms with Gasteiger partial charge in [0.2, 0.25) is 0 Å². The highest BCUT2D eigenvalue weighted by atomic mass is 16.6. The molecule has 1 aromatic rings. The molecule has 1 heterocycles. The van der Waals surface area contributed by atoms with E-state index in [2.05, 4.69) is 13.8 Å². The number of carbonyl (C=O) groups is 1. The fraction of sp³-hybridized carbons (Fsp3) is 0.667. The van der Waals surface area contributed by atoms with Gasteiger partial charge in [-0.3, -0.25) is 4.79 Å². The van der Waals surface area contributed by atoms with E-state index in [0.29, 0.717) is 17.5 Å². The lowest BCUT2D eigenvalue weighted by Crippen LogP contribution is -2.54. The van der Waals surface area contributed by atoms with Crippen LogP contribution >= 0.6 is 0 Å². The Morgan fingerprint density at radius 2 is 1.92 bits per heavy atom. The normalized spacial score (nSPS) is 34.4. The van der Waals surface area contributed by atoms with Crippen molar-refractivity contribution in [1.29, 1.82) is 0 Å². The highest BCUT2D eigenvalue weighted by Crippen LogP contribution is 2.67. The summed E-state index contributed by atoms with van der Waals surface area (Å²) >= 11 is 0. The zero-order chi connectivity index (χ0) is 19.0. The molecule has 1 aromatic carbocycles. The van der Waals surface area contributed by atoms with Crippen molar-refractivity contribution in [2.75, 3.05) is 7.11 Å². The molecule has 3 aliphatic rings. The summed E-state index contributed by atoms with van der Waals surface area (Å²) in [5.41, 5.74) is 0.968. The van der Waals surface area contributed by atoms with E-state index in [1.54, 1.807) is 7.11 Å². The highest BCUT2D eigenvalue weighted by molar-refractivity contribution is 5.90. The molecule has 2 fully saturated rings.